The van der Waals surface area contributed by atoms with Gasteiger partial charge in [-0.15, -0.1) is 0 Å². The van der Waals surface area contributed by atoms with Crippen LogP contribution in [0.25, 0.3) is 0 Å². The summed E-state index contributed by atoms with van der Waals surface area (Å²) in [7, 11) is 1.60. The van der Waals surface area contributed by atoms with E-state index in [1.807, 2.05) is 27.7 Å². The van der Waals surface area contributed by atoms with Crippen LogP contribution in [0.5, 0.6) is 0 Å². The molecule has 6 nitrogen and oxygen atoms in total. The number of ether oxygens (including phenoxy) is 1. The number of urea groups is 1. The van der Waals surface area contributed by atoms with Gasteiger partial charge in [-0.1, -0.05) is 27.7 Å². The summed E-state index contributed by atoms with van der Waals surface area (Å²) in [5.74, 6) is -0.764. The van der Waals surface area contributed by atoms with Gasteiger partial charge in [0.05, 0.1) is 6.61 Å². The van der Waals surface area contributed by atoms with Crippen molar-refractivity contribution in [1.82, 2.24) is 9.80 Å². The molecule has 0 aliphatic rings. The lowest BCUT2D eigenvalue weighted by Gasteiger charge is -2.35. The maximum Gasteiger partial charge on any atom is 0.323 e. The zero-order chi connectivity index (χ0) is 16.4. The first-order chi connectivity index (χ1) is 9.87. The van der Waals surface area contributed by atoms with Gasteiger partial charge in [0.2, 0.25) is 0 Å². The van der Waals surface area contributed by atoms with Gasteiger partial charge in [0.1, 0.15) is 6.54 Å². The normalized spacial score (nSPS) is 11.0. The number of carboxylic acid groups (broad SMARTS) is 1. The average Bonchev–Trinajstić information content (AvgIpc) is 2.41. The Hall–Kier alpha value is -1.30. The number of hydrogen-bond acceptors (Lipinski definition) is 3. The summed E-state index contributed by atoms with van der Waals surface area (Å²) in [6, 6.07) is -0.104. The Balaban J connectivity index is 5.10. The number of carbonyl (C=O) groups is 2. The molecule has 0 aromatic rings. The Labute approximate surface area is 128 Å². The third-order valence-corrected chi connectivity index (χ3v) is 3.35. The third-order valence-electron chi connectivity index (χ3n) is 3.35. The van der Waals surface area contributed by atoms with Crippen LogP contribution < -0.4 is 0 Å². The van der Waals surface area contributed by atoms with Gasteiger partial charge in [-0.3, -0.25) is 4.79 Å². The van der Waals surface area contributed by atoms with E-state index in [9.17, 15) is 9.59 Å². The molecule has 0 aromatic carbocycles. The van der Waals surface area contributed by atoms with E-state index in [2.05, 4.69) is 0 Å². The van der Waals surface area contributed by atoms with Gasteiger partial charge in [-0.2, -0.15) is 0 Å². The number of aliphatic carboxylic acids is 1. The maximum absolute atomic E-state index is 12.7. The molecular weight excluding hydrogens is 272 g/mol. The Morgan fingerprint density at radius 2 is 1.76 bits per heavy atom. The maximum atomic E-state index is 12.7. The van der Waals surface area contributed by atoms with Crippen LogP contribution >= 0.6 is 0 Å². The van der Waals surface area contributed by atoms with Gasteiger partial charge < -0.3 is 19.6 Å². The zero-order valence-electron chi connectivity index (χ0n) is 14.0. The minimum Gasteiger partial charge on any atom is -0.480 e. The molecule has 0 fully saturated rings. The van der Waals surface area contributed by atoms with Crippen molar-refractivity contribution in [1.29, 1.82) is 0 Å². The van der Waals surface area contributed by atoms with Crippen LogP contribution in [0.4, 0.5) is 4.79 Å². The van der Waals surface area contributed by atoms with Gasteiger partial charge in [0, 0.05) is 26.2 Å². The number of amides is 2. The molecule has 0 rings (SSSR count). The quantitative estimate of drug-likeness (QED) is 0.672. The monoisotopic (exact) mass is 302 g/mol. The Kier molecular flexibility index (Phi) is 9.78. The van der Waals surface area contributed by atoms with Gasteiger partial charge in [-0.05, 0) is 18.8 Å². The SMILES string of the molecule is CCC(CC)N(CCOC)C(=O)N(CC(=O)O)CC(C)C. The lowest BCUT2D eigenvalue weighted by atomic mass is 10.1. The molecule has 0 heterocycles. The first kappa shape index (κ1) is 19.7. The first-order valence-electron chi connectivity index (χ1n) is 7.63. The first-order valence-corrected chi connectivity index (χ1v) is 7.63. The predicted molar refractivity (Wildman–Crippen MR) is 82.4 cm³/mol. The summed E-state index contributed by atoms with van der Waals surface area (Å²) >= 11 is 0. The highest BCUT2D eigenvalue weighted by Gasteiger charge is 2.27. The molecule has 0 saturated heterocycles. The Bertz CT molecular complexity index is 317. The van der Waals surface area contributed by atoms with Crippen molar-refractivity contribution >= 4 is 12.0 Å². The molecule has 6 heteroatoms. The molecule has 0 aliphatic heterocycles. The number of methoxy groups -OCH3 is 1. The van der Waals surface area contributed by atoms with E-state index < -0.39 is 5.97 Å². The molecule has 0 aliphatic carbocycles. The summed E-state index contributed by atoms with van der Waals surface area (Å²) < 4.78 is 5.07. The molecule has 0 aromatic heterocycles. The van der Waals surface area contributed by atoms with Crippen molar-refractivity contribution in [2.75, 3.05) is 33.4 Å². The van der Waals surface area contributed by atoms with Crippen LogP contribution in [0.1, 0.15) is 40.5 Å². The molecular formula is C15H30N2O4. The van der Waals surface area contributed by atoms with Crippen LogP contribution in [-0.2, 0) is 9.53 Å². The van der Waals surface area contributed by atoms with Crippen LogP contribution in [0.2, 0.25) is 0 Å². The molecule has 0 unspecified atom stereocenters. The lowest BCUT2D eigenvalue weighted by molar-refractivity contribution is -0.137. The highest BCUT2D eigenvalue weighted by atomic mass is 16.5. The Morgan fingerprint density at radius 1 is 1.19 bits per heavy atom. The van der Waals surface area contributed by atoms with Crippen LogP contribution in [0.15, 0.2) is 0 Å². The average molecular weight is 302 g/mol. The molecule has 0 spiro atoms. The molecule has 21 heavy (non-hydrogen) atoms. The van der Waals surface area contributed by atoms with E-state index in [1.54, 1.807) is 12.0 Å². The number of carbonyl (C=O) groups excluding carboxylic acids is 1. The van der Waals surface area contributed by atoms with E-state index >= 15 is 0 Å². The second-order valence-corrected chi connectivity index (χ2v) is 5.61. The van der Waals surface area contributed by atoms with Crippen molar-refractivity contribution in [2.24, 2.45) is 5.92 Å². The molecule has 0 bridgehead atoms. The second-order valence-electron chi connectivity index (χ2n) is 5.61. The van der Waals surface area contributed by atoms with Crippen molar-refractivity contribution in [3.05, 3.63) is 0 Å². The van der Waals surface area contributed by atoms with Crippen LogP contribution in [0.3, 0.4) is 0 Å². The predicted octanol–water partition coefficient (Wildman–Crippen LogP) is 2.29. The fraction of sp³-hybridized carbons (Fsp3) is 0.867. The summed E-state index contributed by atoms with van der Waals surface area (Å²) in [6.07, 6.45) is 1.68. The minimum atomic E-state index is -0.986. The lowest BCUT2D eigenvalue weighted by Crippen LogP contribution is -2.51. The van der Waals surface area contributed by atoms with Crippen molar-refractivity contribution < 1.29 is 19.4 Å². The van der Waals surface area contributed by atoms with E-state index in [-0.39, 0.29) is 24.5 Å². The second kappa shape index (κ2) is 10.4. The minimum absolute atomic E-state index is 0.108. The van der Waals surface area contributed by atoms with E-state index in [0.717, 1.165) is 12.8 Å². The molecule has 0 radical (unpaired) electrons. The molecule has 0 atom stereocenters. The van der Waals surface area contributed by atoms with Gasteiger partial charge in [0.25, 0.3) is 0 Å². The van der Waals surface area contributed by atoms with E-state index in [4.69, 9.17) is 9.84 Å². The summed E-state index contributed by atoms with van der Waals surface area (Å²) in [5, 5.41) is 9.02. The number of carboxylic acids is 1. The standard InChI is InChI=1S/C15H30N2O4/c1-6-13(7-2)17(8-9-21-5)15(20)16(10-12(3)4)11-14(18)19/h12-13H,6-11H2,1-5H3,(H,18,19). The van der Waals surface area contributed by atoms with E-state index in [1.165, 1.54) is 4.90 Å². The highest BCUT2D eigenvalue weighted by Crippen LogP contribution is 2.13. The number of rotatable bonds is 10. The van der Waals surface area contributed by atoms with Gasteiger partial charge >= 0.3 is 12.0 Å². The zero-order valence-corrected chi connectivity index (χ0v) is 14.0. The number of hydrogen-bond donors (Lipinski definition) is 1. The van der Waals surface area contributed by atoms with Crippen LogP contribution in [-0.4, -0.2) is 66.3 Å². The molecule has 2 amide bonds. The van der Waals surface area contributed by atoms with Crippen molar-refractivity contribution in [3.63, 3.8) is 0 Å². The fourth-order valence-corrected chi connectivity index (χ4v) is 2.35. The topological polar surface area (TPSA) is 70.1 Å². The Morgan fingerprint density at radius 3 is 2.14 bits per heavy atom. The number of nitrogens with zero attached hydrogens (tertiary/aromatic N) is 2. The van der Waals surface area contributed by atoms with Gasteiger partial charge in [-0.25, -0.2) is 4.79 Å². The highest BCUT2D eigenvalue weighted by molar-refractivity contribution is 5.80. The van der Waals surface area contributed by atoms with Gasteiger partial charge in [0.15, 0.2) is 0 Å². The fourth-order valence-electron chi connectivity index (χ4n) is 2.35. The molecule has 124 valence electrons. The molecule has 0 saturated carbocycles. The van der Waals surface area contributed by atoms with Crippen LogP contribution in [0, 0.1) is 5.92 Å². The molecule has 1 N–H and O–H groups in total. The summed E-state index contributed by atoms with van der Waals surface area (Å²) in [6.45, 7) is 9.12. The third kappa shape index (κ3) is 7.32. The smallest absolute Gasteiger partial charge is 0.323 e. The largest absolute Gasteiger partial charge is 0.480 e. The summed E-state index contributed by atoms with van der Waals surface area (Å²) in [4.78, 5) is 26.9. The van der Waals surface area contributed by atoms with Crippen molar-refractivity contribution in [2.45, 2.75) is 46.6 Å². The van der Waals surface area contributed by atoms with E-state index in [0.29, 0.717) is 19.7 Å². The summed E-state index contributed by atoms with van der Waals surface area (Å²) in [5.41, 5.74) is 0. The van der Waals surface area contributed by atoms with Crippen molar-refractivity contribution in [3.8, 4) is 0 Å².